The Morgan fingerprint density at radius 2 is 1.89 bits per heavy atom. The van der Waals surface area contributed by atoms with Gasteiger partial charge in [-0.15, -0.1) is 0 Å². The average molecular weight is 338 g/mol. The molecule has 19 heavy (non-hydrogen) atoms. The van der Waals surface area contributed by atoms with Crippen LogP contribution in [0.4, 0.5) is 0 Å². The lowest BCUT2D eigenvalue weighted by Crippen LogP contribution is -1.97. The van der Waals surface area contributed by atoms with Crippen LogP contribution in [0, 0.1) is 0 Å². The number of furan rings is 1. The van der Waals surface area contributed by atoms with Crippen molar-refractivity contribution in [2.45, 2.75) is 6.10 Å². The summed E-state index contributed by atoms with van der Waals surface area (Å²) in [6.45, 7) is 0. The molecule has 0 fully saturated rings. The molecule has 0 spiro atoms. The number of halogens is 2. The van der Waals surface area contributed by atoms with Gasteiger partial charge in [0.15, 0.2) is 5.58 Å². The summed E-state index contributed by atoms with van der Waals surface area (Å²) in [5.74, 6) is 0.487. The lowest BCUT2D eigenvalue weighted by atomic mass is 10.1. The molecule has 3 rings (SSSR count). The summed E-state index contributed by atoms with van der Waals surface area (Å²) in [6, 6.07) is 14.8. The van der Waals surface area contributed by atoms with E-state index in [4.69, 9.17) is 16.0 Å². The highest BCUT2D eigenvalue weighted by atomic mass is 79.9. The third-order valence-corrected chi connectivity index (χ3v) is 3.74. The van der Waals surface area contributed by atoms with Crippen LogP contribution in [0.25, 0.3) is 11.0 Å². The Hall–Kier alpha value is -1.29. The smallest absolute Gasteiger partial charge is 0.153 e. The molecule has 96 valence electrons. The second-order valence-corrected chi connectivity index (χ2v) is 5.59. The predicted molar refractivity (Wildman–Crippen MR) is 79.4 cm³/mol. The van der Waals surface area contributed by atoms with E-state index in [1.54, 1.807) is 6.07 Å². The Labute approximate surface area is 123 Å². The van der Waals surface area contributed by atoms with Crippen LogP contribution in [-0.4, -0.2) is 5.11 Å². The van der Waals surface area contributed by atoms with Crippen LogP contribution in [0.1, 0.15) is 17.4 Å². The van der Waals surface area contributed by atoms with E-state index < -0.39 is 6.10 Å². The maximum atomic E-state index is 10.4. The van der Waals surface area contributed by atoms with Crippen molar-refractivity contribution in [3.8, 4) is 0 Å². The van der Waals surface area contributed by atoms with Gasteiger partial charge in [0.2, 0.25) is 0 Å². The number of rotatable bonds is 2. The summed E-state index contributed by atoms with van der Waals surface area (Å²) in [4.78, 5) is 0. The van der Waals surface area contributed by atoms with Crippen molar-refractivity contribution >= 4 is 38.5 Å². The Bertz CT molecular complexity index is 736. The first-order valence-corrected chi connectivity index (χ1v) is 6.94. The number of fused-ring (bicyclic) bond motifs is 1. The second-order valence-electron chi connectivity index (χ2n) is 4.26. The second kappa shape index (κ2) is 5.00. The van der Waals surface area contributed by atoms with Crippen LogP contribution in [0.3, 0.4) is 0 Å². The molecular weight excluding hydrogens is 328 g/mol. The zero-order chi connectivity index (χ0) is 13.4. The van der Waals surface area contributed by atoms with E-state index in [9.17, 15) is 5.11 Å². The largest absolute Gasteiger partial charge is 0.456 e. The molecular formula is C15H10BrClO2. The van der Waals surface area contributed by atoms with E-state index in [2.05, 4.69) is 15.9 Å². The topological polar surface area (TPSA) is 33.4 Å². The van der Waals surface area contributed by atoms with Gasteiger partial charge in [-0.25, -0.2) is 0 Å². The summed E-state index contributed by atoms with van der Waals surface area (Å²) < 4.78 is 6.57. The fraction of sp³-hybridized carbons (Fsp3) is 0.0667. The van der Waals surface area contributed by atoms with Crippen molar-refractivity contribution in [3.05, 3.63) is 69.3 Å². The molecule has 0 aliphatic heterocycles. The Morgan fingerprint density at radius 1 is 1.11 bits per heavy atom. The molecule has 1 unspecified atom stereocenters. The molecule has 1 heterocycles. The van der Waals surface area contributed by atoms with Crippen LogP contribution >= 0.6 is 27.5 Å². The van der Waals surface area contributed by atoms with E-state index in [0.29, 0.717) is 16.4 Å². The lowest BCUT2D eigenvalue weighted by Gasteiger charge is -2.08. The average Bonchev–Trinajstić information content (AvgIpc) is 2.83. The number of hydrogen-bond acceptors (Lipinski definition) is 2. The predicted octanol–water partition coefficient (Wildman–Crippen LogP) is 4.93. The number of aliphatic hydroxyl groups excluding tert-OH is 1. The summed E-state index contributed by atoms with van der Waals surface area (Å²) in [6.07, 6.45) is -0.805. The number of benzene rings is 2. The normalized spacial score (nSPS) is 12.8. The summed E-state index contributed by atoms with van der Waals surface area (Å²) in [5, 5.41) is 11.8. The molecule has 0 bridgehead atoms. The highest BCUT2D eigenvalue weighted by molar-refractivity contribution is 9.10. The van der Waals surface area contributed by atoms with Crippen LogP contribution < -0.4 is 0 Å². The standard InChI is InChI=1S/C15H10BrClO2/c16-11-5-1-3-9(7-11)14(18)13-8-10-4-2-6-12(17)15(10)19-13/h1-8,14,18H. The van der Waals surface area contributed by atoms with Crippen molar-refractivity contribution in [2.75, 3.05) is 0 Å². The highest BCUT2D eigenvalue weighted by Gasteiger charge is 2.16. The minimum Gasteiger partial charge on any atom is -0.456 e. The third-order valence-electron chi connectivity index (χ3n) is 2.95. The zero-order valence-electron chi connectivity index (χ0n) is 9.81. The van der Waals surface area contributed by atoms with Gasteiger partial charge in [0, 0.05) is 9.86 Å². The van der Waals surface area contributed by atoms with Gasteiger partial charge in [-0.2, -0.15) is 0 Å². The number of hydrogen-bond donors (Lipinski definition) is 1. The Morgan fingerprint density at radius 3 is 2.63 bits per heavy atom. The van der Waals surface area contributed by atoms with Crippen molar-refractivity contribution < 1.29 is 9.52 Å². The molecule has 0 saturated carbocycles. The van der Waals surface area contributed by atoms with Gasteiger partial charge < -0.3 is 9.52 Å². The molecule has 4 heteroatoms. The fourth-order valence-corrected chi connectivity index (χ4v) is 2.66. The van der Waals surface area contributed by atoms with E-state index >= 15 is 0 Å². The summed E-state index contributed by atoms with van der Waals surface area (Å²) >= 11 is 9.45. The van der Waals surface area contributed by atoms with E-state index in [1.165, 1.54) is 0 Å². The first-order valence-electron chi connectivity index (χ1n) is 5.76. The molecule has 1 atom stereocenters. The van der Waals surface area contributed by atoms with Crippen LogP contribution in [0.5, 0.6) is 0 Å². The maximum Gasteiger partial charge on any atom is 0.153 e. The molecule has 1 aromatic heterocycles. The number of para-hydroxylation sites is 1. The molecule has 2 nitrogen and oxygen atoms in total. The van der Waals surface area contributed by atoms with Crippen LogP contribution in [-0.2, 0) is 0 Å². The molecule has 0 radical (unpaired) electrons. The first kappa shape index (κ1) is 12.7. The zero-order valence-corrected chi connectivity index (χ0v) is 12.1. The van der Waals surface area contributed by atoms with Gasteiger partial charge in [-0.1, -0.05) is 51.8 Å². The third kappa shape index (κ3) is 2.41. The van der Waals surface area contributed by atoms with Gasteiger partial charge in [0.1, 0.15) is 11.9 Å². The van der Waals surface area contributed by atoms with Crippen molar-refractivity contribution in [2.24, 2.45) is 0 Å². The van der Waals surface area contributed by atoms with Gasteiger partial charge >= 0.3 is 0 Å². The van der Waals surface area contributed by atoms with Crippen LogP contribution in [0.2, 0.25) is 5.02 Å². The van der Waals surface area contributed by atoms with E-state index in [1.807, 2.05) is 42.5 Å². The molecule has 2 aromatic carbocycles. The minimum absolute atomic E-state index is 0.487. The molecule has 0 amide bonds. The minimum atomic E-state index is -0.805. The van der Waals surface area contributed by atoms with Gasteiger partial charge in [-0.3, -0.25) is 0 Å². The first-order chi connectivity index (χ1) is 9.15. The quantitative estimate of drug-likeness (QED) is 0.719. The molecule has 0 aliphatic rings. The molecule has 0 saturated heterocycles. The van der Waals surface area contributed by atoms with Crippen molar-refractivity contribution in [1.29, 1.82) is 0 Å². The summed E-state index contributed by atoms with van der Waals surface area (Å²) in [5.41, 5.74) is 1.37. The highest BCUT2D eigenvalue weighted by Crippen LogP contribution is 2.32. The fourth-order valence-electron chi connectivity index (χ4n) is 2.02. The molecule has 0 aliphatic carbocycles. The van der Waals surface area contributed by atoms with Gasteiger partial charge in [0.05, 0.1) is 5.02 Å². The van der Waals surface area contributed by atoms with Gasteiger partial charge in [-0.05, 0) is 29.8 Å². The van der Waals surface area contributed by atoms with E-state index in [0.717, 1.165) is 15.4 Å². The Balaban J connectivity index is 2.06. The van der Waals surface area contributed by atoms with Crippen molar-refractivity contribution in [1.82, 2.24) is 0 Å². The maximum absolute atomic E-state index is 10.4. The number of aliphatic hydroxyl groups is 1. The monoisotopic (exact) mass is 336 g/mol. The van der Waals surface area contributed by atoms with Crippen molar-refractivity contribution in [3.63, 3.8) is 0 Å². The van der Waals surface area contributed by atoms with E-state index in [-0.39, 0.29) is 0 Å². The SMILES string of the molecule is OC(c1cccc(Br)c1)c1cc2cccc(Cl)c2o1. The van der Waals surface area contributed by atoms with Crippen LogP contribution in [0.15, 0.2) is 57.4 Å². The Kier molecular flexibility index (Phi) is 3.35. The van der Waals surface area contributed by atoms with Gasteiger partial charge in [0.25, 0.3) is 0 Å². The molecule has 1 N–H and O–H groups in total. The summed E-state index contributed by atoms with van der Waals surface area (Å²) in [7, 11) is 0. The molecule has 3 aromatic rings. The lowest BCUT2D eigenvalue weighted by molar-refractivity contribution is 0.192.